The standard InChI is InChI=1S/C19H38N2/c1-5-19(6-2,14-20-16(3)4)15-21-13-9-11-17-10-7-8-12-18(17)21/h16-18,20H,5-15H2,1-4H3/t17-,18-/m1/s1. The van der Waals surface area contributed by atoms with Gasteiger partial charge in [0, 0.05) is 25.2 Å². The zero-order valence-electron chi connectivity index (χ0n) is 15.0. The molecule has 124 valence electrons. The van der Waals surface area contributed by atoms with Crippen molar-refractivity contribution in [1.29, 1.82) is 0 Å². The number of hydrogen-bond acceptors (Lipinski definition) is 2. The predicted molar refractivity (Wildman–Crippen MR) is 92.7 cm³/mol. The van der Waals surface area contributed by atoms with Crippen molar-refractivity contribution < 1.29 is 0 Å². The highest BCUT2D eigenvalue weighted by molar-refractivity contribution is 4.92. The van der Waals surface area contributed by atoms with E-state index in [1.54, 1.807) is 0 Å². The minimum atomic E-state index is 0.476. The van der Waals surface area contributed by atoms with Gasteiger partial charge in [0.25, 0.3) is 0 Å². The maximum Gasteiger partial charge on any atom is 0.0124 e. The molecule has 0 bridgehead atoms. The molecular weight excluding hydrogens is 256 g/mol. The van der Waals surface area contributed by atoms with Crippen LogP contribution in [0.1, 0.15) is 79.1 Å². The van der Waals surface area contributed by atoms with E-state index in [9.17, 15) is 0 Å². The van der Waals surface area contributed by atoms with Crippen molar-refractivity contribution in [2.45, 2.75) is 91.1 Å². The number of nitrogens with zero attached hydrogens (tertiary/aromatic N) is 1. The second kappa shape index (κ2) is 7.97. The van der Waals surface area contributed by atoms with Gasteiger partial charge in [-0.3, -0.25) is 4.90 Å². The molecule has 0 aromatic rings. The van der Waals surface area contributed by atoms with E-state index in [1.165, 1.54) is 71.0 Å². The number of nitrogens with one attached hydrogen (secondary N) is 1. The van der Waals surface area contributed by atoms with Gasteiger partial charge in [-0.05, 0) is 56.4 Å². The van der Waals surface area contributed by atoms with Crippen LogP contribution in [0.3, 0.4) is 0 Å². The van der Waals surface area contributed by atoms with Crippen LogP contribution < -0.4 is 5.32 Å². The largest absolute Gasteiger partial charge is 0.314 e. The average molecular weight is 295 g/mol. The van der Waals surface area contributed by atoms with Gasteiger partial charge < -0.3 is 5.32 Å². The summed E-state index contributed by atoms with van der Waals surface area (Å²) in [5.74, 6) is 1.01. The first-order valence-corrected chi connectivity index (χ1v) is 9.57. The van der Waals surface area contributed by atoms with E-state index in [4.69, 9.17) is 0 Å². The highest BCUT2D eigenvalue weighted by Gasteiger charge is 2.37. The van der Waals surface area contributed by atoms with Gasteiger partial charge >= 0.3 is 0 Å². The van der Waals surface area contributed by atoms with E-state index >= 15 is 0 Å². The molecule has 2 fully saturated rings. The van der Waals surface area contributed by atoms with Crippen molar-refractivity contribution in [2.24, 2.45) is 11.3 Å². The van der Waals surface area contributed by atoms with E-state index in [1.807, 2.05) is 0 Å². The molecule has 1 aliphatic carbocycles. The van der Waals surface area contributed by atoms with Gasteiger partial charge in [0.15, 0.2) is 0 Å². The topological polar surface area (TPSA) is 15.3 Å². The summed E-state index contributed by atoms with van der Waals surface area (Å²) in [6.45, 7) is 13.2. The number of hydrogen-bond donors (Lipinski definition) is 1. The minimum Gasteiger partial charge on any atom is -0.314 e. The third kappa shape index (κ3) is 4.45. The van der Waals surface area contributed by atoms with E-state index < -0.39 is 0 Å². The summed E-state index contributed by atoms with van der Waals surface area (Å²) in [7, 11) is 0. The van der Waals surface area contributed by atoms with Crippen molar-refractivity contribution >= 4 is 0 Å². The molecule has 1 N–H and O–H groups in total. The Morgan fingerprint density at radius 3 is 2.38 bits per heavy atom. The van der Waals surface area contributed by atoms with Crippen LogP contribution in [0.15, 0.2) is 0 Å². The molecule has 2 rings (SSSR count). The summed E-state index contributed by atoms with van der Waals surface area (Å²) in [6, 6.07) is 1.51. The highest BCUT2D eigenvalue weighted by Crippen LogP contribution is 2.38. The van der Waals surface area contributed by atoms with Gasteiger partial charge in [-0.2, -0.15) is 0 Å². The molecule has 0 aromatic carbocycles. The Labute approximate surface area is 133 Å². The van der Waals surface area contributed by atoms with Crippen LogP contribution in [0.5, 0.6) is 0 Å². The second-order valence-corrected chi connectivity index (χ2v) is 7.97. The van der Waals surface area contributed by atoms with Gasteiger partial charge in [0.1, 0.15) is 0 Å². The Balaban J connectivity index is 2.00. The molecule has 1 saturated heterocycles. The third-order valence-corrected chi connectivity index (χ3v) is 6.28. The Morgan fingerprint density at radius 1 is 1.05 bits per heavy atom. The summed E-state index contributed by atoms with van der Waals surface area (Å²) in [4.78, 5) is 2.89. The molecule has 2 atom stereocenters. The Hall–Kier alpha value is -0.0800. The summed E-state index contributed by atoms with van der Waals surface area (Å²) in [6.07, 6.45) is 11.4. The molecule has 2 heteroatoms. The fraction of sp³-hybridized carbons (Fsp3) is 1.00. The molecule has 0 spiro atoms. The molecule has 0 radical (unpaired) electrons. The maximum absolute atomic E-state index is 3.72. The van der Waals surface area contributed by atoms with Crippen LogP contribution in [0.2, 0.25) is 0 Å². The van der Waals surface area contributed by atoms with Crippen LogP contribution in [-0.4, -0.2) is 36.6 Å². The molecule has 1 saturated carbocycles. The van der Waals surface area contributed by atoms with Gasteiger partial charge in [0.2, 0.25) is 0 Å². The SMILES string of the molecule is CCC(CC)(CNC(C)C)CN1CCC[C@H]2CCCC[C@H]21. The van der Waals surface area contributed by atoms with Crippen molar-refractivity contribution in [3.8, 4) is 0 Å². The molecule has 2 aliphatic rings. The monoisotopic (exact) mass is 294 g/mol. The van der Waals surface area contributed by atoms with E-state index in [0.29, 0.717) is 11.5 Å². The van der Waals surface area contributed by atoms with Gasteiger partial charge in [-0.1, -0.05) is 40.5 Å². The van der Waals surface area contributed by atoms with Crippen LogP contribution in [0.25, 0.3) is 0 Å². The fourth-order valence-corrected chi connectivity index (χ4v) is 4.56. The molecule has 0 aromatic heterocycles. The fourth-order valence-electron chi connectivity index (χ4n) is 4.56. The quantitative estimate of drug-likeness (QED) is 0.746. The van der Waals surface area contributed by atoms with E-state index in [-0.39, 0.29) is 0 Å². The zero-order valence-corrected chi connectivity index (χ0v) is 15.0. The number of piperidine rings is 1. The van der Waals surface area contributed by atoms with Gasteiger partial charge in [-0.25, -0.2) is 0 Å². The summed E-state index contributed by atoms with van der Waals surface area (Å²) >= 11 is 0. The van der Waals surface area contributed by atoms with Crippen molar-refractivity contribution in [2.75, 3.05) is 19.6 Å². The predicted octanol–water partition coefficient (Wildman–Crippen LogP) is 4.45. The summed E-state index contributed by atoms with van der Waals surface area (Å²) < 4.78 is 0. The maximum atomic E-state index is 3.72. The Kier molecular flexibility index (Phi) is 6.55. The Morgan fingerprint density at radius 2 is 1.71 bits per heavy atom. The van der Waals surface area contributed by atoms with Gasteiger partial charge in [-0.15, -0.1) is 0 Å². The molecule has 1 aliphatic heterocycles. The first-order valence-electron chi connectivity index (χ1n) is 9.57. The van der Waals surface area contributed by atoms with E-state index in [2.05, 4.69) is 37.9 Å². The van der Waals surface area contributed by atoms with Crippen LogP contribution in [0.4, 0.5) is 0 Å². The first kappa shape index (κ1) is 17.3. The number of likely N-dealkylation sites (tertiary alicyclic amines) is 1. The number of rotatable bonds is 7. The molecule has 21 heavy (non-hydrogen) atoms. The molecular formula is C19H38N2. The normalized spacial score (nSPS) is 27.9. The van der Waals surface area contributed by atoms with E-state index in [0.717, 1.165) is 12.0 Å². The summed E-state index contributed by atoms with van der Waals surface area (Å²) in [5, 5.41) is 3.72. The lowest BCUT2D eigenvalue weighted by Gasteiger charge is -2.48. The highest BCUT2D eigenvalue weighted by atomic mass is 15.2. The molecule has 0 amide bonds. The molecule has 0 unspecified atom stereocenters. The van der Waals surface area contributed by atoms with Crippen LogP contribution in [0, 0.1) is 11.3 Å². The summed E-state index contributed by atoms with van der Waals surface area (Å²) in [5.41, 5.74) is 0.476. The number of fused-ring (bicyclic) bond motifs is 1. The van der Waals surface area contributed by atoms with Crippen LogP contribution in [-0.2, 0) is 0 Å². The smallest absolute Gasteiger partial charge is 0.0124 e. The Bertz CT molecular complexity index is 294. The lowest BCUT2D eigenvalue weighted by molar-refractivity contribution is 0.0196. The average Bonchev–Trinajstić information content (AvgIpc) is 2.51. The lowest BCUT2D eigenvalue weighted by Crippen LogP contribution is -2.53. The molecule has 1 heterocycles. The third-order valence-electron chi connectivity index (χ3n) is 6.28. The van der Waals surface area contributed by atoms with Crippen LogP contribution >= 0.6 is 0 Å². The zero-order chi connectivity index (χ0) is 15.3. The second-order valence-electron chi connectivity index (χ2n) is 7.97. The van der Waals surface area contributed by atoms with Gasteiger partial charge in [0.05, 0.1) is 0 Å². The van der Waals surface area contributed by atoms with Crippen molar-refractivity contribution in [3.05, 3.63) is 0 Å². The first-order chi connectivity index (χ1) is 10.1. The van der Waals surface area contributed by atoms with Crippen molar-refractivity contribution in [1.82, 2.24) is 10.2 Å². The van der Waals surface area contributed by atoms with Crippen molar-refractivity contribution in [3.63, 3.8) is 0 Å². The minimum absolute atomic E-state index is 0.476. The lowest BCUT2D eigenvalue weighted by atomic mass is 9.75. The molecule has 2 nitrogen and oxygen atoms in total.